The summed E-state index contributed by atoms with van der Waals surface area (Å²) in [7, 11) is 10.8. The second-order valence-corrected chi connectivity index (χ2v) is 9.57. The first-order chi connectivity index (χ1) is 14.7. The zero-order valence-electron chi connectivity index (χ0n) is 21.0. The summed E-state index contributed by atoms with van der Waals surface area (Å²) in [6.07, 6.45) is 0.573. The van der Waals surface area contributed by atoms with E-state index in [1.807, 2.05) is 40.0 Å². The third kappa shape index (κ3) is 6.47. The van der Waals surface area contributed by atoms with Crippen molar-refractivity contribution in [1.29, 1.82) is 0 Å². The van der Waals surface area contributed by atoms with Crippen LogP contribution in [-0.2, 0) is 19.3 Å². The Hall–Kier alpha value is -2.08. The highest BCUT2D eigenvalue weighted by Gasteiger charge is 2.51. The summed E-state index contributed by atoms with van der Waals surface area (Å²) in [6, 6.07) is 0. The Morgan fingerprint density at radius 3 is 2.25 bits per heavy atom. The highest BCUT2D eigenvalue weighted by atomic mass is 17.1. The van der Waals surface area contributed by atoms with Crippen LogP contribution in [0.1, 0.15) is 27.2 Å². The minimum absolute atomic E-state index is 0.0881. The van der Waals surface area contributed by atoms with Crippen molar-refractivity contribution in [2.75, 3.05) is 75.1 Å². The van der Waals surface area contributed by atoms with E-state index >= 15 is 0 Å². The molecule has 0 radical (unpaired) electrons. The molecule has 1 atom stereocenters. The molecule has 2 heterocycles. The fraction of sp³-hybridized carbons (Fsp3) is 0.810. The maximum absolute atomic E-state index is 13.1. The number of carbonyl (C=O) groups excluding carboxylic acids is 3. The van der Waals surface area contributed by atoms with Crippen LogP contribution in [0.5, 0.6) is 0 Å². The van der Waals surface area contributed by atoms with Crippen LogP contribution in [0.15, 0.2) is 5.10 Å². The Labute approximate surface area is 191 Å². The number of nitrogens with zero attached hydrogens (tertiary/aromatic N) is 6. The van der Waals surface area contributed by atoms with Gasteiger partial charge >= 0.3 is 0 Å². The van der Waals surface area contributed by atoms with Crippen molar-refractivity contribution in [1.82, 2.24) is 24.6 Å². The Morgan fingerprint density at radius 2 is 1.78 bits per heavy atom. The van der Waals surface area contributed by atoms with Crippen molar-refractivity contribution in [3.63, 3.8) is 0 Å². The van der Waals surface area contributed by atoms with Gasteiger partial charge in [-0.1, -0.05) is 0 Å². The van der Waals surface area contributed by atoms with Gasteiger partial charge in [-0.3, -0.25) is 19.6 Å². The summed E-state index contributed by atoms with van der Waals surface area (Å²) in [5, 5.41) is 13.5. The number of amides is 3. The van der Waals surface area contributed by atoms with Gasteiger partial charge in [-0.25, -0.2) is 9.90 Å². The van der Waals surface area contributed by atoms with Gasteiger partial charge in [-0.2, -0.15) is 5.10 Å². The molecule has 3 amide bonds. The van der Waals surface area contributed by atoms with Crippen molar-refractivity contribution >= 4 is 23.4 Å². The van der Waals surface area contributed by atoms with Crippen LogP contribution >= 0.6 is 0 Å². The second-order valence-electron chi connectivity index (χ2n) is 9.57. The van der Waals surface area contributed by atoms with E-state index in [1.165, 1.54) is 9.91 Å². The van der Waals surface area contributed by atoms with Crippen molar-refractivity contribution in [2.45, 2.75) is 32.7 Å². The molecule has 1 unspecified atom stereocenters. The topological polar surface area (TPSA) is 109 Å². The van der Waals surface area contributed by atoms with E-state index in [4.69, 9.17) is 5.26 Å². The number of carbonyl (C=O) groups is 3. The van der Waals surface area contributed by atoms with Gasteiger partial charge in [0, 0.05) is 40.2 Å². The number of hydrogen-bond acceptors (Lipinski definition) is 8. The van der Waals surface area contributed by atoms with Crippen LogP contribution < -0.4 is 0 Å². The van der Waals surface area contributed by atoms with Gasteiger partial charge in [0.2, 0.25) is 11.8 Å². The summed E-state index contributed by atoms with van der Waals surface area (Å²) in [6.45, 7) is 7.52. The molecule has 1 fully saturated rings. The van der Waals surface area contributed by atoms with Crippen LogP contribution in [0.25, 0.3) is 0 Å². The summed E-state index contributed by atoms with van der Waals surface area (Å²) in [4.78, 5) is 48.6. The molecule has 0 aromatic heterocycles. The molecule has 2 aliphatic rings. The second kappa shape index (κ2) is 11.2. The molecule has 11 heteroatoms. The molecular weight excluding hydrogens is 416 g/mol. The molecule has 1 N–H and O–H groups in total. The average molecular weight is 457 g/mol. The molecule has 184 valence electrons. The lowest BCUT2D eigenvalue weighted by atomic mass is 9.79. The smallest absolute Gasteiger partial charge is 0.255 e. The molecule has 2 rings (SSSR count). The number of piperidine rings is 1. The molecule has 0 spiro atoms. The van der Waals surface area contributed by atoms with Gasteiger partial charge in [0.15, 0.2) is 0 Å². The van der Waals surface area contributed by atoms with E-state index in [2.05, 4.69) is 9.99 Å². The van der Waals surface area contributed by atoms with Crippen LogP contribution in [-0.4, -0.2) is 134 Å². The number of hydrazone groups is 1. The van der Waals surface area contributed by atoms with Crippen molar-refractivity contribution in [3.8, 4) is 0 Å². The summed E-state index contributed by atoms with van der Waals surface area (Å²) in [5.74, 6) is -0.356. The summed E-state index contributed by atoms with van der Waals surface area (Å²) < 4.78 is 0. The van der Waals surface area contributed by atoms with Crippen molar-refractivity contribution in [2.24, 2.45) is 10.5 Å². The van der Waals surface area contributed by atoms with Gasteiger partial charge in [0.1, 0.15) is 11.0 Å². The molecule has 0 bridgehead atoms. The fourth-order valence-electron chi connectivity index (χ4n) is 3.62. The number of likely N-dealkylation sites (tertiary alicyclic amines) is 1. The number of hydrogen-bond donors (Lipinski definition) is 1. The fourth-order valence-corrected chi connectivity index (χ4v) is 3.62. The molecule has 1 saturated heterocycles. The Bertz CT molecular complexity index is 723. The van der Waals surface area contributed by atoms with E-state index in [1.54, 1.807) is 37.7 Å². The SMILES string of the molecule is CN(C)CC(=O)N(C)C(C)(C)C(=O)N1CCC2=NN(C)C(=O)C2(C)C1.CN(C)CCOO. The van der Waals surface area contributed by atoms with Gasteiger partial charge in [-0.05, 0) is 49.0 Å². The number of rotatable bonds is 7. The third-order valence-corrected chi connectivity index (χ3v) is 5.90. The summed E-state index contributed by atoms with van der Waals surface area (Å²) in [5.41, 5.74) is -0.907. The van der Waals surface area contributed by atoms with Crippen molar-refractivity contribution < 1.29 is 24.5 Å². The quantitative estimate of drug-likeness (QED) is 0.420. The maximum atomic E-state index is 13.1. The summed E-state index contributed by atoms with van der Waals surface area (Å²) >= 11 is 0. The predicted octanol–water partition coefficient (Wildman–Crippen LogP) is -0.111. The van der Waals surface area contributed by atoms with Crippen molar-refractivity contribution in [3.05, 3.63) is 0 Å². The Kier molecular flexibility index (Phi) is 9.76. The minimum Gasteiger partial charge on any atom is -0.339 e. The first-order valence-electron chi connectivity index (χ1n) is 10.7. The molecule has 11 nitrogen and oxygen atoms in total. The molecule has 0 saturated carbocycles. The highest BCUT2D eigenvalue weighted by Crippen LogP contribution is 2.35. The first kappa shape index (κ1) is 28.0. The van der Waals surface area contributed by atoms with E-state index < -0.39 is 11.0 Å². The molecular formula is C21H40N6O5. The largest absolute Gasteiger partial charge is 0.339 e. The molecule has 0 aliphatic carbocycles. The highest BCUT2D eigenvalue weighted by molar-refractivity contribution is 6.13. The van der Waals surface area contributed by atoms with Crippen LogP contribution in [0.3, 0.4) is 0 Å². The molecule has 0 aromatic carbocycles. The normalized spacial score (nSPS) is 20.8. The molecule has 0 aromatic rings. The van der Waals surface area contributed by atoms with Gasteiger partial charge in [0.25, 0.3) is 5.91 Å². The van der Waals surface area contributed by atoms with E-state index in [-0.39, 0.29) is 24.3 Å². The van der Waals surface area contributed by atoms with E-state index in [9.17, 15) is 14.4 Å². The lowest BCUT2D eigenvalue weighted by Gasteiger charge is -2.43. The predicted molar refractivity (Wildman–Crippen MR) is 122 cm³/mol. The zero-order chi connectivity index (χ0) is 24.9. The van der Waals surface area contributed by atoms with E-state index in [0.29, 0.717) is 26.1 Å². The van der Waals surface area contributed by atoms with Gasteiger partial charge in [-0.15, -0.1) is 0 Å². The van der Waals surface area contributed by atoms with Crippen LogP contribution in [0, 0.1) is 5.41 Å². The monoisotopic (exact) mass is 456 g/mol. The van der Waals surface area contributed by atoms with Crippen LogP contribution in [0.4, 0.5) is 0 Å². The standard InChI is InChI=1S/C17H29N5O3.C4H11NO2/c1-16(2,20(6)13(23)10-19(4)5)14(24)22-9-8-12-17(3,11-22)15(25)21(7)18-12;1-5(2)3-4-7-6/h8-11H2,1-7H3;6H,3-4H2,1-2H3. The number of likely N-dealkylation sites (N-methyl/N-ethyl adjacent to an activating group) is 3. The lowest BCUT2D eigenvalue weighted by Crippen LogP contribution is -2.61. The van der Waals surface area contributed by atoms with Gasteiger partial charge in [0.05, 0.1) is 18.9 Å². The minimum atomic E-state index is -0.981. The molecule has 32 heavy (non-hydrogen) atoms. The first-order valence-corrected chi connectivity index (χ1v) is 10.7. The Balaban J connectivity index is 0.000000633. The zero-order valence-corrected chi connectivity index (χ0v) is 21.0. The lowest BCUT2D eigenvalue weighted by molar-refractivity contribution is -0.243. The Morgan fingerprint density at radius 1 is 1.19 bits per heavy atom. The third-order valence-electron chi connectivity index (χ3n) is 5.90. The van der Waals surface area contributed by atoms with Crippen LogP contribution in [0.2, 0.25) is 0 Å². The number of fused-ring (bicyclic) bond motifs is 1. The molecule has 2 aliphatic heterocycles. The average Bonchev–Trinajstić information content (AvgIpc) is 2.93. The van der Waals surface area contributed by atoms with Gasteiger partial charge < -0.3 is 19.6 Å². The maximum Gasteiger partial charge on any atom is 0.255 e. The van der Waals surface area contributed by atoms with E-state index in [0.717, 1.165) is 12.3 Å².